The van der Waals surface area contributed by atoms with Gasteiger partial charge in [0.15, 0.2) is 17.2 Å². The molecule has 62 heavy (non-hydrogen) atoms. The summed E-state index contributed by atoms with van der Waals surface area (Å²) in [5.41, 5.74) is 10.4. The molecule has 0 spiro atoms. The van der Waals surface area contributed by atoms with Crippen molar-refractivity contribution in [3.8, 4) is 63.2 Å². The monoisotopic (exact) mass is 792 g/mol. The zero-order chi connectivity index (χ0) is 42.6. The summed E-state index contributed by atoms with van der Waals surface area (Å²) >= 11 is 0. The summed E-state index contributed by atoms with van der Waals surface area (Å²) in [6.45, 7) is 19.1. The van der Waals surface area contributed by atoms with Crippen LogP contribution >= 0.6 is 0 Å². The van der Waals surface area contributed by atoms with E-state index in [0.717, 1.165) is 65.9 Å². The average Bonchev–Trinajstić information content (AvgIpc) is 3.82. The first-order valence-electron chi connectivity index (χ1n) is 19.5. The number of para-hydroxylation sites is 2. The van der Waals surface area contributed by atoms with Crippen LogP contribution in [-0.2, 0) is 0 Å². The number of aromatic nitrogens is 5. The normalized spacial score (nSPS) is 11.0. The average molecular weight is 793 g/mol. The van der Waals surface area contributed by atoms with E-state index in [1.54, 1.807) is 36.4 Å². The van der Waals surface area contributed by atoms with Crippen LogP contribution in [0.2, 0.25) is 0 Å². The van der Waals surface area contributed by atoms with Gasteiger partial charge in [0, 0.05) is 32.7 Å². The fourth-order valence-electron chi connectivity index (χ4n) is 8.62. The van der Waals surface area contributed by atoms with Crippen LogP contribution in [-0.4, -0.2) is 24.1 Å². The molecule has 7 aromatic carbocycles. The number of hydrogen-bond donors (Lipinski definition) is 0. The van der Waals surface area contributed by atoms with Gasteiger partial charge in [0.05, 0.1) is 75.9 Å². The predicted molar refractivity (Wildman–Crippen MR) is 241 cm³/mol. The number of aryl methyl sites for hydroxylation is 2. The van der Waals surface area contributed by atoms with Crippen molar-refractivity contribution in [3.05, 3.63) is 185 Å². The molecule has 0 aliphatic rings. The smallest absolute Gasteiger partial charge is 0.189 e. The number of fused-ring (bicyclic) bond motifs is 6. The van der Waals surface area contributed by atoms with E-state index in [0.29, 0.717) is 62.5 Å². The van der Waals surface area contributed by atoms with Crippen LogP contribution in [0.3, 0.4) is 0 Å². The molecule has 0 saturated carbocycles. The molecular formula is C52H28N10. The van der Waals surface area contributed by atoms with Crippen LogP contribution in [0, 0.1) is 61.0 Å². The van der Waals surface area contributed by atoms with Crippen LogP contribution in [0.5, 0.6) is 0 Å². The molecule has 0 saturated heterocycles. The molecule has 10 nitrogen and oxygen atoms in total. The number of nitrogens with zero attached hydrogens (tertiary/aromatic N) is 10. The van der Waals surface area contributed by atoms with Crippen LogP contribution < -0.4 is 0 Å². The zero-order valence-electron chi connectivity index (χ0n) is 33.2. The molecule has 10 rings (SSSR count). The molecule has 3 heterocycles. The van der Waals surface area contributed by atoms with E-state index < -0.39 is 0 Å². The second kappa shape index (κ2) is 14.5. The van der Waals surface area contributed by atoms with Crippen molar-refractivity contribution in [2.45, 2.75) is 13.8 Å². The third kappa shape index (κ3) is 5.95. The summed E-state index contributed by atoms with van der Waals surface area (Å²) in [5.74, 6) is 1.48. The molecule has 0 aliphatic heterocycles. The third-order valence-corrected chi connectivity index (χ3v) is 11.2. The van der Waals surface area contributed by atoms with Gasteiger partial charge in [-0.05, 0) is 109 Å². The minimum Gasteiger partial charge on any atom is -0.308 e. The number of nitriles is 3. The van der Waals surface area contributed by atoms with Crippen LogP contribution in [0.15, 0.2) is 133 Å². The van der Waals surface area contributed by atoms with Gasteiger partial charge in [-0.3, -0.25) is 0 Å². The highest BCUT2D eigenvalue weighted by molar-refractivity contribution is 6.13. The van der Waals surface area contributed by atoms with E-state index in [2.05, 4.69) is 78.4 Å². The van der Waals surface area contributed by atoms with Gasteiger partial charge in [0.25, 0.3) is 0 Å². The maximum atomic E-state index is 10.9. The van der Waals surface area contributed by atoms with Gasteiger partial charge in [0.1, 0.15) is 11.6 Å². The van der Waals surface area contributed by atoms with Crippen molar-refractivity contribution in [1.29, 1.82) is 15.8 Å². The molecule has 0 unspecified atom stereocenters. The Labute approximate surface area is 355 Å². The van der Waals surface area contributed by atoms with E-state index in [1.165, 1.54) is 0 Å². The second-order valence-corrected chi connectivity index (χ2v) is 14.9. The summed E-state index contributed by atoms with van der Waals surface area (Å²) in [7, 11) is 0. The fourth-order valence-corrected chi connectivity index (χ4v) is 8.62. The number of rotatable bonds is 5. The van der Waals surface area contributed by atoms with Gasteiger partial charge in [-0.2, -0.15) is 15.8 Å². The molecule has 0 bridgehead atoms. The molecule has 0 radical (unpaired) electrons. The lowest BCUT2D eigenvalue weighted by atomic mass is 10.0. The largest absolute Gasteiger partial charge is 0.308 e. The molecule has 0 amide bonds. The lowest BCUT2D eigenvalue weighted by Crippen LogP contribution is -2.08. The minimum atomic E-state index is 0.368. The Morgan fingerprint density at radius 3 is 1.31 bits per heavy atom. The molecule has 286 valence electrons. The lowest BCUT2D eigenvalue weighted by molar-refractivity contribution is 0.924. The van der Waals surface area contributed by atoms with Crippen molar-refractivity contribution in [2.75, 3.05) is 0 Å². The summed E-state index contributed by atoms with van der Waals surface area (Å²) in [4.78, 5) is 21.8. The Bertz CT molecular complexity index is 3500. The first-order valence-corrected chi connectivity index (χ1v) is 19.5. The van der Waals surface area contributed by atoms with Crippen molar-refractivity contribution >= 4 is 55.0 Å². The molecule has 0 fully saturated rings. The highest BCUT2D eigenvalue weighted by Gasteiger charge is 2.25. The van der Waals surface area contributed by atoms with Crippen LogP contribution in [0.25, 0.3) is 98.3 Å². The Kier molecular flexibility index (Phi) is 8.61. The van der Waals surface area contributed by atoms with E-state index in [1.807, 2.05) is 74.5 Å². The minimum absolute atomic E-state index is 0.368. The summed E-state index contributed by atoms with van der Waals surface area (Å²) in [5, 5.41) is 34.4. The van der Waals surface area contributed by atoms with Crippen molar-refractivity contribution in [2.24, 2.45) is 0 Å². The van der Waals surface area contributed by atoms with Gasteiger partial charge in [-0.25, -0.2) is 24.6 Å². The van der Waals surface area contributed by atoms with Gasteiger partial charge >= 0.3 is 0 Å². The van der Waals surface area contributed by atoms with Gasteiger partial charge in [-0.15, -0.1) is 0 Å². The molecule has 10 heteroatoms. The van der Waals surface area contributed by atoms with Crippen LogP contribution in [0.4, 0.5) is 11.4 Å². The van der Waals surface area contributed by atoms with E-state index in [4.69, 9.17) is 23.1 Å². The maximum absolute atomic E-state index is 10.9. The Morgan fingerprint density at radius 1 is 0.452 bits per heavy atom. The van der Waals surface area contributed by atoms with E-state index >= 15 is 0 Å². The number of hydrogen-bond acceptors (Lipinski definition) is 6. The first kappa shape index (κ1) is 36.9. The molecule has 10 aromatic rings. The van der Waals surface area contributed by atoms with Gasteiger partial charge in [0.2, 0.25) is 0 Å². The quantitative estimate of drug-likeness (QED) is 0.160. The summed E-state index contributed by atoms with van der Waals surface area (Å²) < 4.78 is 4.29. The van der Waals surface area contributed by atoms with Gasteiger partial charge in [-0.1, -0.05) is 60.7 Å². The lowest BCUT2D eigenvalue weighted by Gasteiger charge is -2.20. The Balaban J connectivity index is 1.35. The van der Waals surface area contributed by atoms with E-state index in [9.17, 15) is 15.8 Å². The fraction of sp³-hybridized carbons (Fsp3) is 0.0385. The van der Waals surface area contributed by atoms with Crippen LogP contribution in [0.1, 0.15) is 28.3 Å². The molecule has 0 N–H and O–H groups in total. The summed E-state index contributed by atoms with van der Waals surface area (Å²) in [6.07, 6.45) is 0. The topological polar surface area (TPSA) is 129 Å². The standard InChI is InChI=1S/C52H28N10/c1-30-58-31(2)60-52(59-30)51-49(61-45-11-7-5-9-41(45)43-15-13-35(25-47(43)61)37-17-32(27-53)19-39(23-37)56-3)21-34(29-55)22-50(51)62-46-12-8-6-10-42(46)44-16-14-36(26-48(44)62)38-18-33(28-54)20-40(24-38)57-4/h5-26H,1-2H3. The molecule has 0 atom stereocenters. The summed E-state index contributed by atoms with van der Waals surface area (Å²) in [6, 6.07) is 49.4. The van der Waals surface area contributed by atoms with Crippen molar-refractivity contribution in [1.82, 2.24) is 24.1 Å². The van der Waals surface area contributed by atoms with Crippen molar-refractivity contribution in [3.63, 3.8) is 0 Å². The predicted octanol–water partition coefficient (Wildman–Crippen LogP) is 12.4. The highest BCUT2D eigenvalue weighted by Crippen LogP contribution is 2.43. The Hall–Kier alpha value is -9.40. The molecule has 0 aliphatic carbocycles. The zero-order valence-corrected chi connectivity index (χ0v) is 33.2. The Morgan fingerprint density at radius 2 is 0.871 bits per heavy atom. The highest BCUT2D eigenvalue weighted by atomic mass is 15.1. The molecule has 3 aromatic heterocycles. The third-order valence-electron chi connectivity index (χ3n) is 11.2. The molecular weight excluding hydrogens is 765 g/mol. The maximum Gasteiger partial charge on any atom is 0.189 e. The van der Waals surface area contributed by atoms with E-state index in [-0.39, 0.29) is 0 Å². The van der Waals surface area contributed by atoms with Gasteiger partial charge < -0.3 is 9.13 Å². The van der Waals surface area contributed by atoms with Crippen molar-refractivity contribution < 1.29 is 0 Å². The second-order valence-electron chi connectivity index (χ2n) is 14.9. The SMILES string of the molecule is [C-]#[N+]c1cc(C#N)cc(-c2ccc3c4ccccc4n(-c4cc(C#N)cc(-n5c6ccccc6c6ccc(-c7cc(C#N)cc([N+]#[C-])c7)cc65)c4-c4nc(C)nc(C)n4)c3c2)c1. The first-order chi connectivity index (χ1) is 30.3. The number of benzene rings is 7.